The summed E-state index contributed by atoms with van der Waals surface area (Å²) in [6, 6.07) is 3.93. The Labute approximate surface area is 118 Å². The smallest absolute Gasteiger partial charge is 0.114 e. The summed E-state index contributed by atoms with van der Waals surface area (Å²) in [4.78, 5) is 0. The molecule has 19 heavy (non-hydrogen) atoms. The zero-order valence-corrected chi connectivity index (χ0v) is 12.6. The Morgan fingerprint density at radius 2 is 2.32 bits per heavy atom. The quantitative estimate of drug-likeness (QED) is 0.624. The standard InChI is InChI=1S/C14H21N3OS/c1-4-7-15-9-13-11(2)16-17(3)14(13)19-10-12-6-5-8-18-12/h5-6,8,15H,4,7,9-10H2,1-3H3. The fourth-order valence-electron chi connectivity index (χ4n) is 1.99. The molecule has 0 amide bonds. The van der Waals surface area contributed by atoms with Gasteiger partial charge in [0, 0.05) is 19.2 Å². The molecule has 0 bridgehead atoms. The third kappa shape index (κ3) is 3.64. The molecule has 0 unspecified atom stereocenters. The first kappa shape index (κ1) is 14.2. The van der Waals surface area contributed by atoms with Gasteiger partial charge >= 0.3 is 0 Å². The Morgan fingerprint density at radius 3 is 3.00 bits per heavy atom. The normalized spacial score (nSPS) is 11.1. The van der Waals surface area contributed by atoms with E-state index in [1.54, 1.807) is 18.0 Å². The van der Waals surface area contributed by atoms with Crippen molar-refractivity contribution in [2.24, 2.45) is 7.05 Å². The summed E-state index contributed by atoms with van der Waals surface area (Å²) < 4.78 is 7.34. The number of hydrogen-bond donors (Lipinski definition) is 1. The van der Waals surface area contributed by atoms with Crippen molar-refractivity contribution in [3.8, 4) is 0 Å². The van der Waals surface area contributed by atoms with Crippen molar-refractivity contribution in [2.75, 3.05) is 6.54 Å². The van der Waals surface area contributed by atoms with E-state index >= 15 is 0 Å². The van der Waals surface area contributed by atoms with Crippen LogP contribution in [0.4, 0.5) is 0 Å². The summed E-state index contributed by atoms with van der Waals surface area (Å²) in [5.41, 5.74) is 2.40. The second-order valence-corrected chi connectivity index (χ2v) is 5.50. The Morgan fingerprint density at radius 1 is 1.47 bits per heavy atom. The zero-order chi connectivity index (χ0) is 13.7. The van der Waals surface area contributed by atoms with Gasteiger partial charge in [-0.3, -0.25) is 4.68 Å². The van der Waals surface area contributed by atoms with Gasteiger partial charge in [0.25, 0.3) is 0 Å². The van der Waals surface area contributed by atoms with Gasteiger partial charge in [0.1, 0.15) is 5.76 Å². The van der Waals surface area contributed by atoms with Gasteiger partial charge in [0.15, 0.2) is 0 Å². The van der Waals surface area contributed by atoms with Crippen LogP contribution in [-0.4, -0.2) is 16.3 Å². The maximum absolute atomic E-state index is 5.37. The molecule has 0 radical (unpaired) electrons. The van der Waals surface area contributed by atoms with Crippen molar-refractivity contribution >= 4 is 11.8 Å². The van der Waals surface area contributed by atoms with Crippen molar-refractivity contribution in [1.29, 1.82) is 0 Å². The summed E-state index contributed by atoms with van der Waals surface area (Å²) in [6.45, 7) is 6.17. The lowest BCUT2D eigenvalue weighted by Crippen LogP contribution is -2.14. The maximum Gasteiger partial charge on any atom is 0.114 e. The number of nitrogens with zero attached hydrogens (tertiary/aromatic N) is 2. The first-order chi connectivity index (χ1) is 9.22. The van der Waals surface area contributed by atoms with E-state index in [9.17, 15) is 0 Å². The third-order valence-corrected chi connectivity index (χ3v) is 4.16. The largest absolute Gasteiger partial charge is 0.468 e. The molecule has 0 saturated heterocycles. The molecule has 0 aliphatic heterocycles. The first-order valence-electron chi connectivity index (χ1n) is 6.60. The number of hydrogen-bond acceptors (Lipinski definition) is 4. The highest BCUT2D eigenvalue weighted by molar-refractivity contribution is 7.98. The lowest BCUT2D eigenvalue weighted by atomic mass is 10.2. The Kier molecular flexibility index (Phi) is 5.10. The zero-order valence-electron chi connectivity index (χ0n) is 11.8. The number of aromatic nitrogens is 2. The monoisotopic (exact) mass is 279 g/mol. The predicted molar refractivity (Wildman–Crippen MR) is 78.2 cm³/mol. The highest BCUT2D eigenvalue weighted by Gasteiger charge is 2.13. The summed E-state index contributed by atoms with van der Waals surface area (Å²) in [5.74, 6) is 1.84. The van der Waals surface area contributed by atoms with E-state index in [2.05, 4.69) is 24.3 Å². The van der Waals surface area contributed by atoms with Crippen LogP contribution in [0.1, 0.15) is 30.4 Å². The van der Waals surface area contributed by atoms with Crippen molar-refractivity contribution in [3.63, 3.8) is 0 Å². The van der Waals surface area contributed by atoms with Crippen LogP contribution >= 0.6 is 11.8 Å². The van der Waals surface area contributed by atoms with Gasteiger partial charge in [-0.1, -0.05) is 18.7 Å². The van der Waals surface area contributed by atoms with Gasteiger partial charge < -0.3 is 9.73 Å². The average molecular weight is 279 g/mol. The van der Waals surface area contributed by atoms with Crippen molar-refractivity contribution in [3.05, 3.63) is 35.4 Å². The van der Waals surface area contributed by atoms with Gasteiger partial charge in [0.2, 0.25) is 0 Å². The van der Waals surface area contributed by atoms with Crippen molar-refractivity contribution < 1.29 is 4.42 Å². The molecule has 2 aromatic rings. The number of nitrogens with one attached hydrogen (secondary N) is 1. The van der Waals surface area contributed by atoms with Crippen LogP contribution in [0.5, 0.6) is 0 Å². The van der Waals surface area contributed by atoms with Crippen LogP contribution in [0.25, 0.3) is 0 Å². The van der Waals surface area contributed by atoms with Crippen LogP contribution in [0.15, 0.2) is 27.8 Å². The molecule has 104 valence electrons. The number of furan rings is 1. The van der Waals surface area contributed by atoms with Crippen LogP contribution in [-0.2, 0) is 19.3 Å². The van der Waals surface area contributed by atoms with Crippen molar-refractivity contribution in [1.82, 2.24) is 15.1 Å². The minimum absolute atomic E-state index is 0.840. The van der Waals surface area contributed by atoms with E-state index in [1.807, 2.05) is 23.9 Å². The van der Waals surface area contributed by atoms with Gasteiger partial charge in [-0.25, -0.2) is 0 Å². The first-order valence-corrected chi connectivity index (χ1v) is 7.59. The molecule has 5 heteroatoms. The molecule has 0 atom stereocenters. The van der Waals surface area contributed by atoms with E-state index in [1.165, 1.54) is 10.6 Å². The Hall–Kier alpha value is -1.20. The highest BCUT2D eigenvalue weighted by Crippen LogP contribution is 2.28. The Bertz CT molecular complexity index is 505. The summed E-state index contributed by atoms with van der Waals surface area (Å²) in [7, 11) is 2.00. The van der Waals surface area contributed by atoms with Gasteiger partial charge in [-0.15, -0.1) is 0 Å². The van der Waals surface area contributed by atoms with E-state index < -0.39 is 0 Å². The van der Waals surface area contributed by atoms with Gasteiger partial charge in [0.05, 0.1) is 22.7 Å². The molecule has 1 N–H and O–H groups in total. The topological polar surface area (TPSA) is 43.0 Å². The van der Waals surface area contributed by atoms with E-state index in [0.29, 0.717) is 0 Å². The molecule has 0 aromatic carbocycles. The second kappa shape index (κ2) is 6.82. The van der Waals surface area contributed by atoms with E-state index in [4.69, 9.17) is 4.42 Å². The fraction of sp³-hybridized carbons (Fsp3) is 0.500. The minimum Gasteiger partial charge on any atom is -0.468 e. The lowest BCUT2D eigenvalue weighted by molar-refractivity contribution is 0.530. The van der Waals surface area contributed by atoms with Crippen molar-refractivity contribution in [2.45, 2.75) is 37.6 Å². The molecular formula is C14H21N3OS. The fourth-order valence-corrected chi connectivity index (χ4v) is 3.05. The van der Waals surface area contributed by atoms with E-state index in [0.717, 1.165) is 36.7 Å². The van der Waals surface area contributed by atoms with Gasteiger partial charge in [-0.2, -0.15) is 5.10 Å². The molecular weight excluding hydrogens is 258 g/mol. The SMILES string of the molecule is CCCNCc1c(C)nn(C)c1SCc1ccco1. The highest BCUT2D eigenvalue weighted by atomic mass is 32.2. The van der Waals surface area contributed by atoms with Crippen LogP contribution < -0.4 is 5.32 Å². The molecule has 0 aliphatic carbocycles. The van der Waals surface area contributed by atoms with Crippen LogP contribution in [0, 0.1) is 6.92 Å². The summed E-state index contributed by atoms with van der Waals surface area (Å²) >= 11 is 1.78. The van der Waals surface area contributed by atoms with Crippen LogP contribution in [0.3, 0.4) is 0 Å². The maximum atomic E-state index is 5.37. The van der Waals surface area contributed by atoms with Gasteiger partial charge in [-0.05, 0) is 32.0 Å². The second-order valence-electron chi connectivity index (χ2n) is 4.54. The molecule has 2 heterocycles. The summed E-state index contributed by atoms with van der Waals surface area (Å²) in [6.07, 6.45) is 2.86. The number of thioether (sulfide) groups is 1. The predicted octanol–water partition coefficient (Wildman–Crippen LogP) is 3.11. The molecule has 0 aliphatic rings. The molecule has 2 aromatic heterocycles. The minimum atomic E-state index is 0.840. The molecule has 0 saturated carbocycles. The Balaban J connectivity index is 2.05. The lowest BCUT2D eigenvalue weighted by Gasteiger charge is -2.06. The van der Waals surface area contributed by atoms with Crippen LogP contribution in [0.2, 0.25) is 0 Å². The number of rotatable bonds is 7. The molecule has 0 spiro atoms. The third-order valence-electron chi connectivity index (χ3n) is 2.95. The summed E-state index contributed by atoms with van der Waals surface area (Å²) in [5, 5.41) is 9.18. The number of aryl methyl sites for hydroxylation is 2. The average Bonchev–Trinajstić information content (AvgIpc) is 2.97. The molecule has 4 nitrogen and oxygen atoms in total. The molecule has 2 rings (SSSR count). The van der Waals surface area contributed by atoms with E-state index in [-0.39, 0.29) is 0 Å². The molecule has 0 fully saturated rings.